The zero-order valence-corrected chi connectivity index (χ0v) is 19.0. The Morgan fingerprint density at radius 2 is 1.81 bits per heavy atom. The van der Waals surface area contributed by atoms with Gasteiger partial charge in [0, 0.05) is 28.2 Å². The van der Waals surface area contributed by atoms with Crippen molar-refractivity contribution in [2.45, 2.75) is 50.8 Å². The number of benzene rings is 2. The van der Waals surface area contributed by atoms with Crippen LogP contribution in [0.25, 0.3) is 0 Å². The first-order valence-electron chi connectivity index (χ1n) is 10.4. The van der Waals surface area contributed by atoms with Crippen LogP contribution in [-0.2, 0) is 11.2 Å². The fraction of sp³-hybridized carbons (Fsp3) is 0.375. The van der Waals surface area contributed by atoms with Crippen LogP contribution in [0.15, 0.2) is 35.2 Å². The van der Waals surface area contributed by atoms with Crippen LogP contribution in [0, 0.1) is 5.82 Å². The van der Waals surface area contributed by atoms with E-state index in [-0.39, 0.29) is 42.3 Å². The van der Waals surface area contributed by atoms with Gasteiger partial charge >= 0.3 is 5.97 Å². The van der Waals surface area contributed by atoms with E-state index in [0.717, 1.165) is 11.0 Å². The minimum absolute atomic E-state index is 0.0106. The highest BCUT2D eigenvalue weighted by molar-refractivity contribution is 7.99. The Bertz CT molecular complexity index is 971. The van der Waals surface area contributed by atoms with E-state index in [0.29, 0.717) is 36.1 Å². The molecule has 0 aliphatic carbocycles. The van der Waals surface area contributed by atoms with Crippen LogP contribution in [0.1, 0.15) is 65.8 Å². The second-order valence-corrected chi connectivity index (χ2v) is 8.43. The quantitative estimate of drug-likeness (QED) is 0.237. The molecule has 2 aromatic carbocycles. The second kappa shape index (κ2) is 12.2. The number of phenolic OH excluding ortho intramolecular Hbond substituents is 1. The Kier molecular flexibility index (Phi) is 9.71. The molecule has 0 radical (unpaired) electrons. The Hall–Kier alpha value is -2.87. The Balaban J connectivity index is 1.89. The normalized spacial score (nSPS) is 10.7. The van der Waals surface area contributed by atoms with Crippen LogP contribution in [0.2, 0.25) is 0 Å². The van der Waals surface area contributed by atoms with E-state index in [2.05, 4.69) is 0 Å². The van der Waals surface area contributed by atoms with Crippen molar-refractivity contribution in [1.82, 2.24) is 0 Å². The molecule has 2 N–H and O–H groups in total. The fourth-order valence-corrected chi connectivity index (χ4v) is 3.93. The van der Waals surface area contributed by atoms with Crippen LogP contribution in [-0.4, -0.2) is 40.1 Å². The number of hydrogen-bond donors (Lipinski definition) is 2. The number of carbonyl (C=O) groups excluding carboxylic acids is 2. The van der Waals surface area contributed by atoms with Crippen molar-refractivity contribution in [3.05, 3.63) is 52.8 Å². The first-order valence-corrected chi connectivity index (χ1v) is 11.4. The molecule has 0 unspecified atom stereocenters. The molecule has 0 bridgehead atoms. The molecule has 0 saturated carbocycles. The van der Waals surface area contributed by atoms with E-state index in [1.807, 2.05) is 6.92 Å². The molecule has 6 nitrogen and oxygen atoms in total. The Morgan fingerprint density at radius 1 is 1.12 bits per heavy atom. The third-order valence-corrected chi connectivity index (χ3v) is 5.83. The molecule has 8 heteroatoms. The number of Topliss-reactive ketones (excluding diaryl/α,β-unsaturated/α-hetero) is 2. The molecule has 0 saturated heterocycles. The summed E-state index contributed by atoms with van der Waals surface area (Å²) in [5, 5.41) is 19.0. The van der Waals surface area contributed by atoms with E-state index in [9.17, 15) is 23.9 Å². The fourth-order valence-electron chi connectivity index (χ4n) is 3.11. The van der Waals surface area contributed by atoms with Crippen molar-refractivity contribution < 1.29 is 33.7 Å². The maximum absolute atomic E-state index is 14.5. The van der Waals surface area contributed by atoms with Gasteiger partial charge in [-0.05, 0) is 38.0 Å². The van der Waals surface area contributed by atoms with E-state index < -0.39 is 17.6 Å². The number of rotatable bonds is 13. The largest absolute Gasteiger partial charge is 0.507 e. The minimum Gasteiger partial charge on any atom is -0.507 e. The van der Waals surface area contributed by atoms with Crippen molar-refractivity contribution in [3.8, 4) is 11.5 Å². The third kappa shape index (κ3) is 7.09. The maximum Gasteiger partial charge on any atom is 0.303 e. The number of ketones is 2. The van der Waals surface area contributed by atoms with E-state index in [4.69, 9.17) is 9.84 Å². The van der Waals surface area contributed by atoms with Gasteiger partial charge in [0.05, 0.1) is 18.6 Å². The highest BCUT2D eigenvalue weighted by Gasteiger charge is 2.20. The number of carboxylic acids is 1. The third-order valence-electron chi connectivity index (χ3n) is 4.73. The van der Waals surface area contributed by atoms with Crippen LogP contribution in [0.4, 0.5) is 4.39 Å². The molecule has 32 heavy (non-hydrogen) atoms. The number of aliphatic carboxylic acids is 1. The summed E-state index contributed by atoms with van der Waals surface area (Å²) in [6, 6.07) is 7.97. The number of halogens is 1. The van der Waals surface area contributed by atoms with Crippen molar-refractivity contribution in [1.29, 1.82) is 0 Å². The topological polar surface area (TPSA) is 101 Å². The lowest BCUT2D eigenvalue weighted by Gasteiger charge is -2.15. The predicted molar refractivity (Wildman–Crippen MR) is 121 cm³/mol. The molecular formula is C24H27FO6S. The molecule has 2 rings (SSSR count). The minimum atomic E-state index is -1.00. The molecule has 172 valence electrons. The SMILES string of the molecule is CCCc1c(O)c(C(C)=O)cc(F)c1OCCCSc1ccc(C(=O)CCC(=O)O)cc1. The average Bonchev–Trinajstić information content (AvgIpc) is 2.76. The Morgan fingerprint density at radius 3 is 2.41 bits per heavy atom. The van der Waals surface area contributed by atoms with E-state index >= 15 is 0 Å². The molecule has 0 amide bonds. The number of aromatic hydroxyl groups is 1. The summed E-state index contributed by atoms with van der Waals surface area (Å²) in [6.07, 6.45) is 1.45. The van der Waals surface area contributed by atoms with Gasteiger partial charge in [0.25, 0.3) is 0 Å². The van der Waals surface area contributed by atoms with Gasteiger partial charge in [-0.1, -0.05) is 25.5 Å². The predicted octanol–water partition coefficient (Wildman–Crippen LogP) is 5.30. The Labute approximate surface area is 190 Å². The number of carboxylic acid groups (broad SMARTS) is 1. The first kappa shape index (κ1) is 25.4. The molecule has 0 aliphatic rings. The van der Waals surface area contributed by atoms with Gasteiger partial charge in [-0.2, -0.15) is 0 Å². The molecule has 0 aliphatic heterocycles. The maximum atomic E-state index is 14.5. The van der Waals surface area contributed by atoms with Crippen molar-refractivity contribution in [2.75, 3.05) is 12.4 Å². The molecule has 0 atom stereocenters. The van der Waals surface area contributed by atoms with Gasteiger partial charge in [-0.3, -0.25) is 14.4 Å². The summed E-state index contributed by atoms with van der Waals surface area (Å²) < 4.78 is 20.1. The zero-order valence-electron chi connectivity index (χ0n) is 18.2. The summed E-state index contributed by atoms with van der Waals surface area (Å²) in [5.74, 6) is -1.81. The smallest absolute Gasteiger partial charge is 0.303 e. The number of thioether (sulfide) groups is 1. The van der Waals surface area contributed by atoms with Gasteiger partial charge in [-0.15, -0.1) is 11.8 Å². The molecule has 2 aromatic rings. The summed E-state index contributed by atoms with van der Waals surface area (Å²) >= 11 is 1.55. The standard InChI is InChI=1S/C24H27FO6S/c1-3-5-18-23(30)19(15(2)26)14-20(25)24(18)31-12-4-13-32-17-8-6-16(7-9-17)21(27)10-11-22(28)29/h6-9,14,30H,3-5,10-13H2,1-2H3,(H,28,29). The van der Waals surface area contributed by atoms with Crippen LogP contribution in [0.5, 0.6) is 11.5 Å². The monoisotopic (exact) mass is 462 g/mol. The van der Waals surface area contributed by atoms with Crippen LogP contribution < -0.4 is 4.74 Å². The summed E-state index contributed by atoms with van der Waals surface area (Å²) in [6.45, 7) is 3.41. The number of carbonyl (C=O) groups is 3. The number of hydrogen-bond acceptors (Lipinski definition) is 6. The van der Waals surface area contributed by atoms with E-state index in [1.165, 1.54) is 6.92 Å². The summed E-state index contributed by atoms with van der Waals surface area (Å²) in [4.78, 5) is 35.1. The summed E-state index contributed by atoms with van der Waals surface area (Å²) in [7, 11) is 0. The van der Waals surface area contributed by atoms with Gasteiger partial charge in [0.2, 0.25) is 0 Å². The zero-order chi connectivity index (χ0) is 23.7. The van der Waals surface area contributed by atoms with Gasteiger partial charge in [-0.25, -0.2) is 4.39 Å². The molecule has 0 aromatic heterocycles. The van der Waals surface area contributed by atoms with Gasteiger partial charge in [0.15, 0.2) is 23.1 Å². The highest BCUT2D eigenvalue weighted by atomic mass is 32.2. The lowest BCUT2D eigenvalue weighted by atomic mass is 10.0. The average molecular weight is 463 g/mol. The van der Waals surface area contributed by atoms with Gasteiger partial charge in [0.1, 0.15) is 5.75 Å². The molecule has 0 heterocycles. The van der Waals surface area contributed by atoms with Gasteiger partial charge < -0.3 is 14.9 Å². The molecule has 0 fully saturated rings. The summed E-state index contributed by atoms with van der Waals surface area (Å²) in [5.41, 5.74) is 0.749. The highest BCUT2D eigenvalue weighted by Crippen LogP contribution is 2.35. The van der Waals surface area contributed by atoms with Crippen LogP contribution in [0.3, 0.4) is 0 Å². The number of ether oxygens (including phenoxy) is 1. The lowest BCUT2D eigenvalue weighted by Crippen LogP contribution is -2.07. The van der Waals surface area contributed by atoms with Crippen molar-refractivity contribution >= 4 is 29.3 Å². The van der Waals surface area contributed by atoms with E-state index in [1.54, 1.807) is 36.0 Å². The number of phenols is 1. The lowest BCUT2D eigenvalue weighted by molar-refractivity contribution is -0.136. The molecular weight excluding hydrogens is 435 g/mol. The van der Waals surface area contributed by atoms with Crippen molar-refractivity contribution in [2.24, 2.45) is 0 Å². The molecule has 0 spiro atoms. The second-order valence-electron chi connectivity index (χ2n) is 7.26. The first-order chi connectivity index (χ1) is 15.2. The van der Waals surface area contributed by atoms with Crippen LogP contribution >= 0.6 is 11.8 Å². The van der Waals surface area contributed by atoms with Crippen molar-refractivity contribution in [3.63, 3.8) is 0 Å².